The first-order valence-corrected chi connectivity index (χ1v) is 7.27. The van der Waals surface area contributed by atoms with Gasteiger partial charge in [0.2, 0.25) is 5.89 Å². The molecule has 0 saturated heterocycles. The van der Waals surface area contributed by atoms with E-state index in [-0.39, 0.29) is 5.78 Å². The number of rotatable bonds is 5. The fraction of sp³-hybridized carbons (Fsp3) is 0.357. The van der Waals surface area contributed by atoms with Crippen molar-refractivity contribution in [3.05, 3.63) is 41.5 Å². The summed E-state index contributed by atoms with van der Waals surface area (Å²) in [6.07, 6.45) is 2.32. The Hall–Kier alpha value is -1.62. The number of hydrogen-bond acceptors (Lipinski definition) is 5. The summed E-state index contributed by atoms with van der Waals surface area (Å²) >= 11 is 1.61. The highest BCUT2D eigenvalue weighted by Gasteiger charge is 2.29. The van der Waals surface area contributed by atoms with Gasteiger partial charge in [-0.1, -0.05) is 17.3 Å². The van der Waals surface area contributed by atoms with Gasteiger partial charge in [-0.25, -0.2) is 0 Å². The van der Waals surface area contributed by atoms with Gasteiger partial charge in [0.15, 0.2) is 11.6 Å². The van der Waals surface area contributed by atoms with E-state index in [1.54, 1.807) is 18.7 Å². The molecule has 98 valence electrons. The zero-order valence-electron chi connectivity index (χ0n) is 10.6. The van der Waals surface area contributed by atoms with Crippen LogP contribution in [0, 0.1) is 0 Å². The summed E-state index contributed by atoms with van der Waals surface area (Å²) in [4.78, 5) is 16.7. The molecule has 0 bridgehead atoms. The smallest absolute Gasteiger partial charge is 0.229 e. The van der Waals surface area contributed by atoms with Crippen LogP contribution in [0.25, 0.3) is 0 Å². The van der Waals surface area contributed by atoms with Crippen LogP contribution < -0.4 is 0 Å². The molecule has 1 fully saturated rings. The van der Waals surface area contributed by atoms with Gasteiger partial charge in [-0.15, -0.1) is 11.8 Å². The summed E-state index contributed by atoms with van der Waals surface area (Å²) in [5, 5.41) is 3.98. The molecule has 1 heterocycles. The number of carbonyl (C=O) groups is 1. The molecule has 2 aromatic rings. The third-order valence-corrected chi connectivity index (χ3v) is 4.01. The van der Waals surface area contributed by atoms with E-state index in [1.165, 1.54) is 0 Å². The molecule has 0 spiro atoms. The van der Waals surface area contributed by atoms with Gasteiger partial charge in [0.05, 0.1) is 5.75 Å². The zero-order valence-corrected chi connectivity index (χ0v) is 11.4. The van der Waals surface area contributed by atoms with Crippen LogP contribution >= 0.6 is 11.8 Å². The number of thioether (sulfide) groups is 1. The van der Waals surface area contributed by atoms with Crippen LogP contribution in [0.1, 0.15) is 47.8 Å². The maximum Gasteiger partial charge on any atom is 0.229 e. The van der Waals surface area contributed by atoms with Crippen molar-refractivity contribution in [3.63, 3.8) is 0 Å². The van der Waals surface area contributed by atoms with Gasteiger partial charge in [0.25, 0.3) is 0 Å². The van der Waals surface area contributed by atoms with Gasteiger partial charge in [-0.3, -0.25) is 4.79 Å². The van der Waals surface area contributed by atoms with E-state index < -0.39 is 0 Å². The standard InChI is InChI=1S/C14H14N2O2S/c1-9(17)11-3-2-4-12(7-11)19-8-13-15-14(18-16-13)10-5-6-10/h2-4,7,10H,5-6,8H2,1H3. The number of aromatic nitrogens is 2. The van der Waals surface area contributed by atoms with Crippen LogP contribution in [0.4, 0.5) is 0 Å². The Bertz CT molecular complexity index is 605. The van der Waals surface area contributed by atoms with Crippen LogP contribution in [0.15, 0.2) is 33.7 Å². The molecule has 0 unspecified atom stereocenters. The molecule has 1 aliphatic carbocycles. The van der Waals surface area contributed by atoms with E-state index in [1.807, 2.05) is 24.3 Å². The molecule has 0 amide bonds. The molecular weight excluding hydrogens is 260 g/mol. The lowest BCUT2D eigenvalue weighted by Gasteiger charge is -2.00. The highest BCUT2D eigenvalue weighted by molar-refractivity contribution is 7.98. The molecule has 1 aliphatic rings. The van der Waals surface area contributed by atoms with Crippen LogP contribution in [-0.4, -0.2) is 15.9 Å². The maximum atomic E-state index is 11.3. The summed E-state index contributed by atoms with van der Waals surface area (Å²) in [5.41, 5.74) is 0.733. The lowest BCUT2D eigenvalue weighted by Crippen LogP contribution is -1.91. The number of Topliss-reactive ketones (excluding diaryl/α,β-unsaturated/α-hetero) is 1. The monoisotopic (exact) mass is 274 g/mol. The fourth-order valence-electron chi connectivity index (χ4n) is 1.77. The molecule has 1 saturated carbocycles. The van der Waals surface area contributed by atoms with Crippen LogP contribution in [0.2, 0.25) is 0 Å². The molecule has 0 atom stereocenters. The van der Waals surface area contributed by atoms with Gasteiger partial charge < -0.3 is 4.52 Å². The topological polar surface area (TPSA) is 56.0 Å². The molecule has 0 N–H and O–H groups in total. The number of benzene rings is 1. The molecule has 1 aromatic heterocycles. The van der Waals surface area contributed by atoms with Crippen molar-refractivity contribution >= 4 is 17.5 Å². The van der Waals surface area contributed by atoms with E-state index in [0.29, 0.717) is 11.7 Å². The summed E-state index contributed by atoms with van der Waals surface area (Å²) < 4.78 is 5.21. The Morgan fingerprint density at radius 2 is 2.32 bits per heavy atom. The normalized spacial score (nSPS) is 14.6. The summed E-state index contributed by atoms with van der Waals surface area (Å²) in [6, 6.07) is 7.60. The fourth-order valence-corrected chi connectivity index (χ4v) is 2.57. The quantitative estimate of drug-likeness (QED) is 0.617. The largest absolute Gasteiger partial charge is 0.339 e. The Morgan fingerprint density at radius 3 is 3.05 bits per heavy atom. The molecule has 3 rings (SSSR count). The summed E-state index contributed by atoms with van der Waals surface area (Å²) in [6.45, 7) is 1.57. The third-order valence-electron chi connectivity index (χ3n) is 3.02. The minimum atomic E-state index is 0.0815. The predicted octanol–water partition coefficient (Wildman–Crippen LogP) is 3.44. The Labute approximate surface area is 115 Å². The molecule has 5 heteroatoms. The van der Waals surface area contributed by atoms with Crippen LogP contribution in [0.3, 0.4) is 0 Å². The first kappa shape index (κ1) is 12.4. The Morgan fingerprint density at radius 1 is 1.47 bits per heavy atom. The predicted molar refractivity (Wildman–Crippen MR) is 72.3 cm³/mol. The first-order valence-electron chi connectivity index (χ1n) is 6.28. The van der Waals surface area contributed by atoms with Gasteiger partial charge in [0.1, 0.15) is 0 Å². The SMILES string of the molecule is CC(=O)c1cccc(SCc2noc(C3CC3)n2)c1. The van der Waals surface area contributed by atoms with Crippen molar-refractivity contribution in [3.8, 4) is 0 Å². The van der Waals surface area contributed by atoms with Crippen molar-refractivity contribution in [2.24, 2.45) is 0 Å². The second-order valence-corrected chi connectivity index (χ2v) is 5.74. The van der Waals surface area contributed by atoms with E-state index in [4.69, 9.17) is 4.52 Å². The number of carbonyl (C=O) groups excluding carboxylic acids is 1. The minimum Gasteiger partial charge on any atom is -0.339 e. The first-order chi connectivity index (χ1) is 9.22. The van der Waals surface area contributed by atoms with E-state index >= 15 is 0 Å². The van der Waals surface area contributed by atoms with Crippen molar-refractivity contribution in [1.29, 1.82) is 0 Å². The highest BCUT2D eigenvalue weighted by Crippen LogP contribution is 2.39. The molecule has 4 nitrogen and oxygen atoms in total. The summed E-state index contributed by atoms with van der Waals surface area (Å²) in [7, 11) is 0. The van der Waals surface area contributed by atoms with Crippen molar-refractivity contribution in [2.45, 2.75) is 36.3 Å². The molecule has 1 aromatic carbocycles. The van der Waals surface area contributed by atoms with Crippen molar-refractivity contribution in [1.82, 2.24) is 10.1 Å². The van der Waals surface area contributed by atoms with Crippen LogP contribution in [0.5, 0.6) is 0 Å². The lowest BCUT2D eigenvalue weighted by molar-refractivity contribution is 0.101. The second kappa shape index (κ2) is 5.17. The average molecular weight is 274 g/mol. The molecule has 0 aliphatic heterocycles. The third kappa shape index (κ3) is 3.04. The van der Waals surface area contributed by atoms with Crippen molar-refractivity contribution < 1.29 is 9.32 Å². The molecule has 0 radical (unpaired) electrons. The van der Waals surface area contributed by atoms with Crippen molar-refractivity contribution in [2.75, 3.05) is 0 Å². The maximum absolute atomic E-state index is 11.3. The van der Waals surface area contributed by atoms with E-state index in [9.17, 15) is 4.79 Å². The van der Waals surface area contributed by atoms with Gasteiger partial charge in [-0.05, 0) is 31.9 Å². The molecular formula is C14H14N2O2S. The Balaban J connectivity index is 1.64. The van der Waals surface area contributed by atoms with Gasteiger partial charge in [0, 0.05) is 16.4 Å². The lowest BCUT2D eigenvalue weighted by atomic mass is 10.2. The highest BCUT2D eigenvalue weighted by atomic mass is 32.2. The number of nitrogens with zero attached hydrogens (tertiary/aromatic N) is 2. The average Bonchev–Trinajstić information content (AvgIpc) is 3.16. The minimum absolute atomic E-state index is 0.0815. The van der Waals surface area contributed by atoms with E-state index in [2.05, 4.69) is 10.1 Å². The number of ketones is 1. The molecule has 19 heavy (non-hydrogen) atoms. The Kier molecular flexibility index (Phi) is 3.38. The second-order valence-electron chi connectivity index (χ2n) is 4.70. The van der Waals surface area contributed by atoms with E-state index in [0.717, 1.165) is 35.0 Å². The number of hydrogen-bond donors (Lipinski definition) is 0. The zero-order chi connectivity index (χ0) is 13.2. The van der Waals surface area contributed by atoms with Gasteiger partial charge >= 0.3 is 0 Å². The van der Waals surface area contributed by atoms with Crippen LogP contribution in [-0.2, 0) is 5.75 Å². The summed E-state index contributed by atoms with van der Waals surface area (Å²) in [5.74, 6) is 2.73. The van der Waals surface area contributed by atoms with Gasteiger partial charge in [-0.2, -0.15) is 4.98 Å².